The average molecular weight is 252 g/mol. The van der Waals surface area contributed by atoms with Crippen LogP contribution in [0.15, 0.2) is 48.7 Å². The average Bonchev–Trinajstić information content (AvgIpc) is 3.27. The molecule has 1 atom stereocenters. The van der Waals surface area contributed by atoms with Gasteiger partial charge in [0.1, 0.15) is 0 Å². The van der Waals surface area contributed by atoms with Crippen LogP contribution in [-0.4, -0.2) is 4.98 Å². The summed E-state index contributed by atoms with van der Waals surface area (Å²) in [4.78, 5) is 4.38. The lowest BCUT2D eigenvalue weighted by atomic mass is 10.0. The third-order valence-electron chi connectivity index (χ3n) is 3.76. The van der Waals surface area contributed by atoms with Crippen LogP contribution in [0.1, 0.15) is 35.7 Å². The van der Waals surface area contributed by atoms with E-state index >= 15 is 0 Å². The summed E-state index contributed by atoms with van der Waals surface area (Å²) >= 11 is 0. The molecule has 1 saturated carbocycles. The van der Waals surface area contributed by atoms with Crippen LogP contribution in [0, 0.1) is 12.8 Å². The first-order valence-corrected chi connectivity index (χ1v) is 7.03. The Balaban J connectivity index is 1.69. The van der Waals surface area contributed by atoms with Gasteiger partial charge in [0, 0.05) is 18.8 Å². The summed E-state index contributed by atoms with van der Waals surface area (Å²) in [7, 11) is 0. The lowest BCUT2D eigenvalue weighted by Crippen LogP contribution is -2.23. The number of nitrogens with one attached hydrogen (secondary N) is 1. The normalized spacial score (nSPS) is 16.3. The van der Waals surface area contributed by atoms with Gasteiger partial charge in [-0.1, -0.05) is 35.9 Å². The van der Waals surface area contributed by atoms with Gasteiger partial charge in [-0.05, 0) is 43.4 Å². The topological polar surface area (TPSA) is 24.9 Å². The Bertz CT molecular complexity index is 515. The van der Waals surface area contributed by atoms with Crippen molar-refractivity contribution in [1.29, 1.82) is 0 Å². The van der Waals surface area contributed by atoms with Crippen LogP contribution in [-0.2, 0) is 6.54 Å². The second-order valence-electron chi connectivity index (χ2n) is 5.43. The first kappa shape index (κ1) is 12.4. The van der Waals surface area contributed by atoms with Gasteiger partial charge < -0.3 is 5.32 Å². The van der Waals surface area contributed by atoms with E-state index in [4.69, 9.17) is 0 Å². The van der Waals surface area contributed by atoms with Crippen molar-refractivity contribution >= 4 is 0 Å². The molecule has 0 amide bonds. The van der Waals surface area contributed by atoms with Crippen molar-refractivity contribution in [3.63, 3.8) is 0 Å². The number of hydrogen-bond donors (Lipinski definition) is 1. The molecule has 1 heterocycles. The van der Waals surface area contributed by atoms with E-state index in [1.807, 2.05) is 18.3 Å². The second kappa shape index (κ2) is 5.54. The van der Waals surface area contributed by atoms with Crippen LogP contribution < -0.4 is 5.32 Å². The van der Waals surface area contributed by atoms with Gasteiger partial charge in [0.05, 0.1) is 5.69 Å². The van der Waals surface area contributed by atoms with E-state index < -0.39 is 0 Å². The largest absolute Gasteiger partial charge is 0.304 e. The van der Waals surface area contributed by atoms with E-state index in [9.17, 15) is 0 Å². The summed E-state index contributed by atoms with van der Waals surface area (Å²) in [5.74, 6) is 0.798. The number of rotatable bonds is 5. The van der Waals surface area contributed by atoms with Gasteiger partial charge in [0.2, 0.25) is 0 Å². The van der Waals surface area contributed by atoms with Gasteiger partial charge in [0.15, 0.2) is 0 Å². The molecule has 1 aromatic carbocycles. The van der Waals surface area contributed by atoms with Gasteiger partial charge in [-0.2, -0.15) is 0 Å². The van der Waals surface area contributed by atoms with Gasteiger partial charge in [0.25, 0.3) is 0 Å². The quantitative estimate of drug-likeness (QED) is 0.879. The zero-order chi connectivity index (χ0) is 13.1. The molecule has 0 radical (unpaired) electrons. The Kier molecular flexibility index (Phi) is 3.60. The van der Waals surface area contributed by atoms with Crippen LogP contribution in [0.2, 0.25) is 0 Å². The SMILES string of the molecule is Cc1ccc(C(NCc2ccccn2)C2CC2)cc1. The fraction of sp³-hybridized carbons (Fsp3) is 0.353. The standard InChI is InChI=1S/C17H20N2/c1-13-5-7-14(8-6-13)17(15-9-10-15)19-12-16-4-2-3-11-18-16/h2-8,11,15,17,19H,9-10,12H2,1H3. The van der Waals surface area contributed by atoms with Gasteiger partial charge >= 0.3 is 0 Å². The molecule has 0 aliphatic heterocycles. The molecule has 1 aromatic heterocycles. The Morgan fingerprint density at radius 1 is 1.16 bits per heavy atom. The Morgan fingerprint density at radius 2 is 1.95 bits per heavy atom. The van der Waals surface area contributed by atoms with Gasteiger partial charge in [-0.25, -0.2) is 0 Å². The van der Waals surface area contributed by atoms with Crippen molar-refractivity contribution in [2.24, 2.45) is 5.92 Å². The Hall–Kier alpha value is -1.67. The molecule has 2 nitrogen and oxygen atoms in total. The second-order valence-corrected chi connectivity index (χ2v) is 5.43. The maximum Gasteiger partial charge on any atom is 0.0541 e. The van der Waals surface area contributed by atoms with Gasteiger partial charge in [-0.15, -0.1) is 0 Å². The van der Waals surface area contributed by atoms with Crippen molar-refractivity contribution < 1.29 is 0 Å². The number of pyridine rings is 1. The highest BCUT2D eigenvalue weighted by atomic mass is 14.9. The third-order valence-corrected chi connectivity index (χ3v) is 3.76. The number of aryl methyl sites for hydroxylation is 1. The molecule has 19 heavy (non-hydrogen) atoms. The highest BCUT2D eigenvalue weighted by Crippen LogP contribution is 2.41. The molecule has 0 bridgehead atoms. The minimum atomic E-state index is 0.475. The fourth-order valence-corrected chi connectivity index (χ4v) is 2.48. The number of nitrogens with zero attached hydrogens (tertiary/aromatic N) is 1. The van der Waals surface area contributed by atoms with Crippen molar-refractivity contribution in [3.8, 4) is 0 Å². The highest BCUT2D eigenvalue weighted by Gasteiger charge is 2.31. The van der Waals surface area contributed by atoms with E-state index in [0.717, 1.165) is 18.2 Å². The minimum Gasteiger partial charge on any atom is -0.304 e. The molecule has 2 aromatic rings. The molecule has 2 heteroatoms. The fourth-order valence-electron chi connectivity index (χ4n) is 2.48. The van der Waals surface area contributed by atoms with Crippen molar-refractivity contribution in [2.45, 2.75) is 32.4 Å². The molecular weight excluding hydrogens is 232 g/mol. The smallest absolute Gasteiger partial charge is 0.0541 e. The van der Waals surface area contributed by atoms with E-state index in [1.54, 1.807) is 0 Å². The van der Waals surface area contributed by atoms with Gasteiger partial charge in [-0.3, -0.25) is 4.98 Å². The first-order valence-electron chi connectivity index (χ1n) is 7.03. The van der Waals surface area contributed by atoms with Crippen LogP contribution in [0.5, 0.6) is 0 Å². The molecule has 1 N–H and O–H groups in total. The Morgan fingerprint density at radius 3 is 2.58 bits per heavy atom. The van der Waals surface area contributed by atoms with Crippen LogP contribution >= 0.6 is 0 Å². The maximum absolute atomic E-state index is 4.38. The summed E-state index contributed by atoms with van der Waals surface area (Å²) in [5, 5.41) is 3.67. The molecule has 3 rings (SSSR count). The lowest BCUT2D eigenvalue weighted by molar-refractivity contribution is 0.476. The molecule has 0 spiro atoms. The molecular formula is C17H20N2. The molecule has 0 saturated heterocycles. The van der Waals surface area contributed by atoms with Crippen LogP contribution in [0.3, 0.4) is 0 Å². The van der Waals surface area contributed by atoms with E-state index in [2.05, 4.69) is 47.6 Å². The Labute approximate surface area is 114 Å². The molecule has 98 valence electrons. The third kappa shape index (κ3) is 3.21. The highest BCUT2D eigenvalue weighted by molar-refractivity contribution is 5.25. The molecule has 1 unspecified atom stereocenters. The maximum atomic E-state index is 4.38. The summed E-state index contributed by atoms with van der Waals surface area (Å²) in [6, 6.07) is 15.5. The molecule has 1 fully saturated rings. The van der Waals surface area contributed by atoms with Crippen molar-refractivity contribution in [3.05, 3.63) is 65.5 Å². The van der Waals surface area contributed by atoms with Crippen LogP contribution in [0.4, 0.5) is 0 Å². The predicted octanol–water partition coefficient (Wildman–Crippen LogP) is 3.63. The van der Waals surface area contributed by atoms with E-state index in [1.165, 1.54) is 24.0 Å². The van der Waals surface area contributed by atoms with E-state index in [0.29, 0.717) is 6.04 Å². The summed E-state index contributed by atoms with van der Waals surface area (Å²) in [5.41, 5.74) is 3.84. The minimum absolute atomic E-state index is 0.475. The molecule has 1 aliphatic rings. The zero-order valence-electron chi connectivity index (χ0n) is 11.3. The molecule has 1 aliphatic carbocycles. The number of benzene rings is 1. The monoisotopic (exact) mass is 252 g/mol. The summed E-state index contributed by atoms with van der Waals surface area (Å²) in [6.45, 7) is 2.98. The van der Waals surface area contributed by atoms with Crippen molar-refractivity contribution in [2.75, 3.05) is 0 Å². The van der Waals surface area contributed by atoms with Crippen LogP contribution in [0.25, 0.3) is 0 Å². The van der Waals surface area contributed by atoms with Crippen molar-refractivity contribution in [1.82, 2.24) is 10.3 Å². The predicted molar refractivity (Wildman–Crippen MR) is 77.7 cm³/mol. The summed E-state index contributed by atoms with van der Waals surface area (Å²) in [6.07, 6.45) is 4.54. The number of hydrogen-bond acceptors (Lipinski definition) is 2. The number of aromatic nitrogens is 1. The lowest BCUT2D eigenvalue weighted by Gasteiger charge is -2.19. The summed E-state index contributed by atoms with van der Waals surface area (Å²) < 4.78 is 0. The zero-order valence-corrected chi connectivity index (χ0v) is 11.3. The van der Waals surface area contributed by atoms with E-state index in [-0.39, 0.29) is 0 Å². The first-order chi connectivity index (χ1) is 9.33.